The van der Waals surface area contributed by atoms with Crippen LogP contribution >= 0.6 is 0 Å². The van der Waals surface area contributed by atoms with Gasteiger partial charge >= 0.3 is 11.9 Å². The van der Waals surface area contributed by atoms with Crippen LogP contribution in [0.3, 0.4) is 0 Å². The lowest BCUT2D eigenvalue weighted by Gasteiger charge is -2.03. The molecule has 0 saturated heterocycles. The zero-order valence-electron chi connectivity index (χ0n) is 9.14. The molecule has 0 aliphatic heterocycles. The molecular formula is C13H10O4. The zero-order chi connectivity index (χ0) is 12.4. The molecule has 0 spiro atoms. The summed E-state index contributed by atoms with van der Waals surface area (Å²) in [5.41, 5.74) is 0.599. The lowest BCUT2D eigenvalue weighted by atomic mass is 10.0. The molecule has 0 aliphatic rings. The molecule has 0 saturated carbocycles. The Kier molecular flexibility index (Phi) is 2.78. The Hall–Kier alpha value is -2.36. The largest absolute Gasteiger partial charge is 0.478 e. The van der Waals surface area contributed by atoms with Crippen LogP contribution in [0.1, 0.15) is 20.7 Å². The van der Waals surface area contributed by atoms with E-state index in [2.05, 4.69) is 4.74 Å². The first-order chi connectivity index (χ1) is 8.11. The van der Waals surface area contributed by atoms with Gasteiger partial charge in [0, 0.05) is 0 Å². The van der Waals surface area contributed by atoms with Crippen molar-refractivity contribution >= 4 is 22.7 Å². The Bertz CT molecular complexity index is 601. The van der Waals surface area contributed by atoms with Gasteiger partial charge in [-0.3, -0.25) is 0 Å². The van der Waals surface area contributed by atoms with Gasteiger partial charge in [-0.15, -0.1) is 0 Å². The van der Waals surface area contributed by atoms with E-state index in [-0.39, 0.29) is 5.56 Å². The topological polar surface area (TPSA) is 63.6 Å². The van der Waals surface area contributed by atoms with Crippen molar-refractivity contribution in [2.75, 3.05) is 7.11 Å². The van der Waals surface area contributed by atoms with E-state index in [1.165, 1.54) is 19.2 Å². The highest BCUT2D eigenvalue weighted by molar-refractivity contribution is 5.98. The van der Waals surface area contributed by atoms with Crippen LogP contribution in [-0.2, 0) is 4.74 Å². The summed E-state index contributed by atoms with van der Waals surface area (Å²) in [6.45, 7) is 0. The molecule has 2 aromatic carbocycles. The number of fused-ring (bicyclic) bond motifs is 1. The second-order valence-corrected chi connectivity index (χ2v) is 3.57. The molecule has 0 aliphatic carbocycles. The van der Waals surface area contributed by atoms with Crippen LogP contribution in [0.25, 0.3) is 10.8 Å². The smallest absolute Gasteiger partial charge is 0.337 e. The van der Waals surface area contributed by atoms with Crippen LogP contribution in [0, 0.1) is 0 Å². The third kappa shape index (κ3) is 2.10. The maximum Gasteiger partial charge on any atom is 0.337 e. The molecule has 0 aromatic heterocycles. The number of hydrogen-bond donors (Lipinski definition) is 1. The monoisotopic (exact) mass is 230 g/mol. The van der Waals surface area contributed by atoms with E-state index >= 15 is 0 Å². The van der Waals surface area contributed by atoms with Crippen molar-refractivity contribution in [2.24, 2.45) is 0 Å². The summed E-state index contributed by atoms with van der Waals surface area (Å²) >= 11 is 0. The molecule has 0 atom stereocenters. The first-order valence-corrected chi connectivity index (χ1v) is 4.97. The highest BCUT2D eigenvalue weighted by atomic mass is 16.5. The van der Waals surface area contributed by atoms with Crippen LogP contribution in [0.2, 0.25) is 0 Å². The average molecular weight is 230 g/mol. The maximum absolute atomic E-state index is 11.3. The van der Waals surface area contributed by atoms with E-state index in [1.807, 2.05) is 0 Å². The molecule has 2 aromatic rings. The summed E-state index contributed by atoms with van der Waals surface area (Å²) in [5.74, 6) is -1.43. The fraction of sp³-hybridized carbons (Fsp3) is 0.0769. The van der Waals surface area contributed by atoms with Gasteiger partial charge in [0.15, 0.2) is 0 Å². The van der Waals surface area contributed by atoms with Gasteiger partial charge in [-0.05, 0) is 35.0 Å². The Balaban J connectivity index is 2.58. The van der Waals surface area contributed by atoms with Crippen molar-refractivity contribution in [2.45, 2.75) is 0 Å². The predicted molar refractivity (Wildman–Crippen MR) is 62.2 cm³/mol. The van der Waals surface area contributed by atoms with E-state index in [1.54, 1.807) is 24.3 Å². The number of ether oxygens (including phenoxy) is 1. The van der Waals surface area contributed by atoms with Gasteiger partial charge in [-0.25, -0.2) is 9.59 Å². The van der Waals surface area contributed by atoms with Crippen LogP contribution in [-0.4, -0.2) is 24.2 Å². The SMILES string of the molecule is COC(=O)c1ccc2ccc(C(=O)O)cc2c1. The fourth-order valence-corrected chi connectivity index (χ4v) is 1.62. The fourth-order valence-electron chi connectivity index (χ4n) is 1.62. The summed E-state index contributed by atoms with van der Waals surface area (Å²) < 4.78 is 4.61. The second-order valence-electron chi connectivity index (χ2n) is 3.57. The molecule has 1 N–H and O–H groups in total. The molecule has 0 fully saturated rings. The normalized spacial score (nSPS) is 10.2. The van der Waals surface area contributed by atoms with E-state index in [0.717, 1.165) is 5.39 Å². The molecule has 86 valence electrons. The number of esters is 1. The van der Waals surface area contributed by atoms with E-state index in [0.29, 0.717) is 10.9 Å². The second kappa shape index (κ2) is 4.25. The van der Waals surface area contributed by atoms with Crippen molar-refractivity contribution < 1.29 is 19.4 Å². The number of rotatable bonds is 2. The molecule has 0 heterocycles. The average Bonchev–Trinajstić information content (AvgIpc) is 2.36. The number of benzene rings is 2. The minimum Gasteiger partial charge on any atom is -0.478 e. The maximum atomic E-state index is 11.3. The van der Waals surface area contributed by atoms with Gasteiger partial charge in [0.1, 0.15) is 0 Å². The number of carboxylic acid groups (broad SMARTS) is 1. The number of carbonyl (C=O) groups is 2. The Morgan fingerprint density at radius 1 is 1.00 bits per heavy atom. The standard InChI is InChI=1S/C13H10O4/c1-17-13(16)10-5-3-8-2-4-9(12(14)15)6-11(8)7-10/h2-7H,1H3,(H,14,15). The number of carbonyl (C=O) groups excluding carboxylic acids is 1. The minimum atomic E-state index is -0.990. The third-order valence-electron chi connectivity index (χ3n) is 2.51. The predicted octanol–water partition coefficient (Wildman–Crippen LogP) is 2.32. The van der Waals surface area contributed by atoms with E-state index in [9.17, 15) is 9.59 Å². The highest BCUT2D eigenvalue weighted by Gasteiger charge is 2.08. The number of hydrogen-bond acceptors (Lipinski definition) is 3. The quantitative estimate of drug-likeness (QED) is 0.804. The molecular weight excluding hydrogens is 220 g/mol. The highest BCUT2D eigenvalue weighted by Crippen LogP contribution is 2.18. The molecule has 4 heteroatoms. The first kappa shape index (κ1) is 11.1. The van der Waals surface area contributed by atoms with E-state index < -0.39 is 11.9 Å². The van der Waals surface area contributed by atoms with Crippen molar-refractivity contribution in [3.63, 3.8) is 0 Å². The van der Waals surface area contributed by atoms with Gasteiger partial charge in [0.2, 0.25) is 0 Å². The van der Waals surface area contributed by atoms with Crippen LogP contribution in [0.4, 0.5) is 0 Å². The summed E-state index contributed by atoms with van der Waals surface area (Å²) in [4.78, 5) is 22.2. The van der Waals surface area contributed by atoms with Crippen molar-refractivity contribution in [3.8, 4) is 0 Å². The number of carboxylic acids is 1. The summed E-state index contributed by atoms with van der Waals surface area (Å²) in [6, 6.07) is 9.79. The van der Waals surface area contributed by atoms with Crippen molar-refractivity contribution in [1.29, 1.82) is 0 Å². The van der Waals surface area contributed by atoms with Gasteiger partial charge in [0.25, 0.3) is 0 Å². The van der Waals surface area contributed by atoms with Gasteiger partial charge in [0.05, 0.1) is 18.2 Å². The number of methoxy groups -OCH3 is 1. The molecule has 4 nitrogen and oxygen atoms in total. The molecule has 0 radical (unpaired) electrons. The third-order valence-corrected chi connectivity index (χ3v) is 2.51. The first-order valence-electron chi connectivity index (χ1n) is 4.97. The zero-order valence-corrected chi connectivity index (χ0v) is 9.14. The molecule has 0 amide bonds. The summed E-state index contributed by atoms with van der Waals surface area (Å²) in [7, 11) is 1.31. The van der Waals surface area contributed by atoms with Gasteiger partial charge < -0.3 is 9.84 Å². The van der Waals surface area contributed by atoms with Crippen LogP contribution in [0.5, 0.6) is 0 Å². The summed E-state index contributed by atoms with van der Waals surface area (Å²) in [5, 5.41) is 10.5. The molecule has 0 bridgehead atoms. The van der Waals surface area contributed by atoms with Gasteiger partial charge in [-0.1, -0.05) is 12.1 Å². The Morgan fingerprint density at radius 3 is 2.18 bits per heavy atom. The van der Waals surface area contributed by atoms with Crippen LogP contribution < -0.4 is 0 Å². The molecule has 2 rings (SSSR count). The minimum absolute atomic E-state index is 0.194. The van der Waals surface area contributed by atoms with Crippen molar-refractivity contribution in [1.82, 2.24) is 0 Å². The Morgan fingerprint density at radius 2 is 1.59 bits per heavy atom. The number of aromatic carboxylic acids is 1. The lowest BCUT2D eigenvalue weighted by Crippen LogP contribution is -2.01. The molecule has 0 unspecified atom stereocenters. The van der Waals surface area contributed by atoms with Gasteiger partial charge in [-0.2, -0.15) is 0 Å². The van der Waals surface area contributed by atoms with E-state index in [4.69, 9.17) is 5.11 Å². The lowest BCUT2D eigenvalue weighted by molar-refractivity contribution is 0.0600. The summed E-state index contributed by atoms with van der Waals surface area (Å²) in [6.07, 6.45) is 0. The molecule has 17 heavy (non-hydrogen) atoms. The van der Waals surface area contributed by atoms with Crippen LogP contribution in [0.15, 0.2) is 36.4 Å². The Labute approximate surface area is 97.4 Å². The van der Waals surface area contributed by atoms with Crippen molar-refractivity contribution in [3.05, 3.63) is 47.5 Å².